The van der Waals surface area contributed by atoms with Crippen molar-refractivity contribution in [2.24, 2.45) is 0 Å². The van der Waals surface area contributed by atoms with Crippen LogP contribution < -0.4 is 9.80 Å². The number of carbonyl (C=O) groups is 1. The summed E-state index contributed by atoms with van der Waals surface area (Å²) in [5.74, 6) is 0. The van der Waals surface area contributed by atoms with Crippen LogP contribution in [0.5, 0.6) is 0 Å². The Balaban J connectivity index is 1.68. The van der Waals surface area contributed by atoms with Crippen LogP contribution in [0.1, 0.15) is 19.4 Å². The Kier molecular flexibility index (Phi) is 3.70. The molecule has 1 fully saturated rings. The lowest BCUT2D eigenvalue weighted by Gasteiger charge is -2.26. The standard InChI is InChI=1S/C18H18N4O2S/c1-18(2,24)13-5-6-19-10-15(13)22-8-7-21(17(22)23)12-3-4-14-16(9-12)25-11-20-14/h3-6,9-11,24H,7-8H2,1-2H3. The van der Waals surface area contributed by atoms with Gasteiger partial charge in [0.2, 0.25) is 0 Å². The van der Waals surface area contributed by atoms with E-state index in [0.717, 1.165) is 15.9 Å². The van der Waals surface area contributed by atoms with Crippen LogP contribution in [0.15, 0.2) is 42.2 Å². The summed E-state index contributed by atoms with van der Waals surface area (Å²) >= 11 is 1.56. The molecule has 0 bridgehead atoms. The second-order valence-corrected chi connectivity index (χ2v) is 7.43. The van der Waals surface area contributed by atoms with Gasteiger partial charge in [-0.05, 0) is 38.1 Å². The van der Waals surface area contributed by atoms with Gasteiger partial charge in [0.25, 0.3) is 0 Å². The highest BCUT2D eigenvalue weighted by Gasteiger charge is 2.34. The number of urea groups is 1. The normalized spacial score (nSPS) is 15.4. The largest absolute Gasteiger partial charge is 0.386 e. The molecule has 6 nitrogen and oxygen atoms in total. The molecule has 0 aliphatic carbocycles. The van der Waals surface area contributed by atoms with Crippen LogP contribution in [-0.4, -0.2) is 34.2 Å². The number of thiazole rings is 1. The summed E-state index contributed by atoms with van der Waals surface area (Å²) in [7, 11) is 0. The van der Waals surface area contributed by atoms with E-state index in [4.69, 9.17) is 0 Å². The maximum absolute atomic E-state index is 13.0. The minimum atomic E-state index is -1.05. The molecule has 0 radical (unpaired) electrons. The molecular weight excluding hydrogens is 336 g/mol. The fourth-order valence-corrected chi connectivity index (χ4v) is 3.84. The quantitative estimate of drug-likeness (QED) is 0.783. The molecule has 2 amide bonds. The van der Waals surface area contributed by atoms with E-state index < -0.39 is 5.60 Å². The van der Waals surface area contributed by atoms with Crippen molar-refractivity contribution in [2.75, 3.05) is 22.9 Å². The van der Waals surface area contributed by atoms with Crippen LogP contribution in [-0.2, 0) is 5.60 Å². The van der Waals surface area contributed by atoms with E-state index in [-0.39, 0.29) is 6.03 Å². The van der Waals surface area contributed by atoms with E-state index in [1.54, 1.807) is 59.0 Å². The fraction of sp³-hybridized carbons (Fsp3) is 0.278. The van der Waals surface area contributed by atoms with Crippen molar-refractivity contribution in [1.82, 2.24) is 9.97 Å². The number of fused-ring (bicyclic) bond motifs is 1. The van der Waals surface area contributed by atoms with E-state index >= 15 is 0 Å². The van der Waals surface area contributed by atoms with Crippen LogP contribution >= 0.6 is 11.3 Å². The predicted octanol–water partition coefficient (Wildman–Crippen LogP) is 3.37. The number of nitrogens with zero attached hydrogens (tertiary/aromatic N) is 4. The summed E-state index contributed by atoms with van der Waals surface area (Å²) < 4.78 is 1.06. The van der Waals surface area contributed by atoms with Crippen LogP contribution in [0.4, 0.5) is 16.2 Å². The predicted molar refractivity (Wildman–Crippen MR) is 99.2 cm³/mol. The van der Waals surface area contributed by atoms with Crippen molar-refractivity contribution in [3.63, 3.8) is 0 Å². The Labute approximate surface area is 149 Å². The van der Waals surface area contributed by atoms with Crippen molar-refractivity contribution in [3.05, 3.63) is 47.7 Å². The molecular formula is C18H18N4O2S. The van der Waals surface area contributed by atoms with Gasteiger partial charge in [-0.1, -0.05) is 0 Å². The topological polar surface area (TPSA) is 69.6 Å². The Bertz CT molecular complexity index is 947. The van der Waals surface area contributed by atoms with E-state index in [2.05, 4.69) is 9.97 Å². The smallest absolute Gasteiger partial charge is 0.329 e. The zero-order valence-corrected chi connectivity index (χ0v) is 14.8. The lowest BCUT2D eigenvalue weighted by molar-refractivity contribution is 0.0790. The molecule has 3 aromatic rings. The molecule has 4 rings (SSSR count). The summed E-state index contributed by atoms with van der Waals surface area (Å²) in [5, 5.41) is 10.4. The molecule has 1 N–H and O–H groups in total. The summed E-state index contributed by atoms with van der Waals surface area (Å²) in [4.78, 5) is 24.8. The molecule has 1 saturated heterocycles. The number of benzene rings is 1. The number of carbonyl (C=O) groups excluding carboxylic acids is 1. The highest BCUT2D eigenvalue weighted by atomic mass is 32.1. The van der Waals surface area contributed by atoms with Crippen molar-refractivity contribution in [2.45, 2.75) is 19.4 Å². The highest BCUT2D eigenvalue weighted by molar-refractivity contribution is 7.16. The van der Waals surface area contributed by atoms with Crippen molar-refractivity contribution in [3.8, 4) is 0 Å². The maximum atomic E-state index is 13.0. The van der Waals surface area contributed by atoms with Gasteiger partial charge in [0.15, 0.2) is 0 Å². The summed E-state index contributed by atoms with van der Waals surface area (Å²) in [6, 6.07) is 7.50. The second-order valence-electron chi connectivity index (χ2n) is 6.54. The summed E-state index contributed by atoms with van der Waals surface area (Å²) in [6.45, 7) is 4.56. The SMILES string of the molecule is CC(C)(O)c1ccncc1N1CCN(c2ccc3ncsc3c2)C1=O. The van der Waals surface area contributed by atoms with Crippen LogP contribution in [0, 0.1) is 0 Å². The number of aromatic nitrogens is 2. The third-order valence-corrected chi connectivity index (χ3v) is 5.18. The Morgan fingerprint density at radius 1 is 1.20 bits per heavy atom. The first kappa shape index (κ1) is 16.0. The number of rotatable bonds is 3. The van der Waals surface area contributed by atoms with Gasteiger partial charge in [0, 0.05) is 30.5 Å². The van der Waals surface area contributed by atoms with Gasteiger partial charge in [0.05, 0.1) is 33.2 Å². The Hall–Kier alpha value is -2.51. The van der Waals surface area contributed by atoms with Crippen molar-refractivity contribution >= 4 is 39.0 Å². The van der Waals surface area contributed by atoms with Crippen LogP contribution in [0.25, 0.3) is 10.2 Å². The average molecular weight is 354 g/mol. The molecule has 1 aliphatic heterocycles. The lowest BCUT2D eigenvalue weighted by Crippen LogP contribution is -2.33. The average Bonchev–Trinajstić information content (AvgIpc) is 3.19. The molecule has 0 spiro atoms. The molecule has 2 aromatic heterocycles. The first-order valence-corrected chi connectivity index (χ1v) is 8.92. The van der Waals surface area contributed by atoms with E-state index in [1.807, 2.05) is 18.2 Å². The van der Waals surface area contributed by atoms with E-state index in [9.17, 15) is 9.90 Å². The molecule has 1 aromatic carbocycles. The second kappa shape index (κ2) is 5.79. The third kappa shape index (κ3) is 2.75. The third-order valence-electron chi connectivity index (χ3n) is 4.39. The first-order valence-electron chi connectivity index (χ1n) is 8.04. The Morgan fingerprint density at radius 2 is 2.00 bits per heavy atom. The molecule has 0 atom stereocenters. The number of anilines is 2. The van der Waals surface area contributed by atoms with E-state index in [1.165, 1.54) is 0 Å². The molecule has 7 heteroatoms. The number of pyridine rings is 1. The zero-order chi connectivity index (χ0) is 17.6. The minimum absolute atomic E-state index is 0.109. The van der Waals surface area contributed by atoms with Crippen molar-refractivity contribution in [1.29, 1.82) is 0 Å². The molecule has 3 heterocycles. The zero-order valence-electron chi connectivity index (χ0n) is 14.0. The maximum Gasteiger partial charge on any atom is 0.329 e. The molecule has 128 valence electrons. The van der Waals surface area contributed by atoms with Gasteiger partial charge in [-0.2, -0.15) is 0 Å². The van der Waals surface area contributed by atoms with Gasteiger partial charge in [-0.25, -0.2) is 9.78 Å². The van der Waals surface area contributed by atoms with Crippen LogP contribution in [0.2, 0.25) is 0 Å². The number of hydrogen-bond donors (Lipinski definition) is 1. The highest BCUT2D eigenvalue weighted by Crippen LogP contribution is 2.33. The number of amides is 2. The Morgan fingerprint density at radius 3 is 2.80 bits per heavy atom. The van der Waals surface area contributed by atoms with Gasteiger partial charge in [-0.3, -0.25) is 14.8 Å². The van der Waals surface area contributed by atoms with Crippen molar-refractivity contribution < 1.29 is 9.90 Å². The van der Waals surface area contributed by atoms with Gasteiger partial charge < -0.3 is 5.11 Å². The van der Waals surface area contributed by atoms with E-state index in [0.29, 0.717) is 24.3 Å². The number of aliphatic hydroxyl groups is 1. The summed E-state index contributed by atoms with van der Waals surface area (Å²) in [5.41, 5.74) is 3.90. The minimum Gasteiger partial charge on any atom is -0.386 e. The molecule has 1 aliphatic rings. The lowest BCUT2D eigenvalue weighted by atomic mass is 9.97. The first-order chi connectivity index (χ1) is 11.9. The fourth-order valence-electron chi connectivity index (χ4n) is 3.13. The van der Waals surface area contributed by atoms with Gasteiger partial charge in [0.1, 0.15) is 0 Å². The molecule has 0 unspecified atom stereocenters. The summed E-state index contributed by atoms with van der Waals surface area (Å²) in [6.07, 6.45) is 3.27. The molecule has 25 heavy (non-hydrogen) atoms. The number of hydrogen-bond acceptors (Lipinski definition) is 5. The molecule has 0 saturated carbocycles. The van der Waals surface area contributed by atoms with Crippen LogP contribution in [0.3, 0.4) is 0 Å². The van der Waals surface area contributed by atoms with Gasteiger partial charge >= 0.3 is 6.03 Å². The monoisotopic (exact) mass is 354 g/mol. The van der Waals surface area contributed by atoms with Gasteiger partial charge in [-0.15, -0.1) is 11.3 Å².